The topological polar surface area (TPSA) is 33.7 Å². The fourth-order valence-electron chi connectivity index (χ4n) is 1.99. The molecular formula is C10H22N2O2. The molecule has 1 heterocycles. The van der Waals surface area contributed by atoms with Crippen LogP contribution in [0.15, 0.2) is 0 Å². The van der Waals surface area contributed by atoms with Crippen molar-refractivity contribution in [3.8, 4) is 0 Å². The summed E-state index contributed by atoms with van der Waals surface area (Å²) < 4.78 is 10.4. The van der Waals surface area contributed by atoms with Crippen LogP contribution in [0.4, 0.5) is 0 Å². The number of ether oxygens (including phenoxy) is 2. The van der Waals surface area contributed by atoms with Crippen LogP contribution in [0.1, 0.15) is 6.42 Å². The SMILES string of the molecule is CNCC1CCN(CC(OC)OC)C1. The van der Waals surface area contributed by atoms with Crippen LogP contribution in [0.5, 0.6) is 0 Å². The molecule has 1 rings (SSSR count). The predicted octanol–water partition coefficient (Wildman–Crippen LogP) is 0.147. The van der Waals surface area contributed by atoms with Crippen molar-refractivity contribution in [2.75, 3.05) is 47.4 Å². The zero-order valence-corrected chi connectivity index (χ0v) is 9.45. The molecule has 0 amide bonds. The molecule has 0 spiro atoms. The van der Waals surface area contributed by atoms with Gasteiger partial charge in [-0.3, -0.25) is 4.90 Å². The van der Waals surface area contributed by atoms with Gasteiger partial charge in [0.05, 0.1) is 0 Å². The molecule has 0 radical (unpaired) electrons. The van der Waals surface area contributed by atoms with Gasteiger partial charge in [0.2, 0.25) is 0 Å². The van der Waals surface area contributed by atoms with E-state index in [-0.39, 0.29) is 6.29 Å². The second-order valence-corrected chi connectivity index (χ2v) is 3.87. The molecule has 4 heteroatoms. The quantitative estimate of drug-likeness (QED) is 0.622. The van der Waals surface area contributed by atoms with Gasteiger partial charge in [-0.05, 0) is 32.5 Å². The Labute approximate surface area is 86.6 Å². The van der Waals surface area contributed by atoms with E-state index in [0.717, 1.165) is 32.1 Å². The van der Waals surface area contributed by atoms with Gasteiger partial charge >= 0.3 is 0 Å². The van der Waals surface area contributed by atoms with Crippen molar-refractivity contribution in [2.45, 2.75) is 12.7 Å². The monoisotopic (exact) mass is 202 g/mol. The number of likely N-dealkylation sites (tertiary alicyclic amines) is 1. The zero-order chi connectivity index (χ0) is 10.4. The van der Waals surface area contributed by atoms with Gasteiger partial charge in [0.15, 0.2) is 6.29 Å². The molecule has 0 aliphatic carbocycles. The molecule has 4 nitrogen and oxygen atoms in total. The number of nitrogens with one attached hydrogen (secondary N) is 1. The minimum Gasteiger partial charge on any atom is -0.355 e. The highest BCUT2D eigenvalue weighted by molar-refractivity contribution is 4.77. The summed E-state index contributed by atoms with van der Waals surface area (Å²) in [5.41, 5.74) is 0. The molecule has 1 atom stereocenters. The van der Waals surface area contributed by atoms with Gasteiger partial charge < -0.3 is 14.8 Å². The highest BCUT2D eigenvalue weighted by Gasteiger charge is 2.23. The van der Waals surface area contributed by atoms with E-state index >= 15 is 0 Å². The molecule has 0 aromatic heterocycles. The second kappa shape index (κ2) is 6.35. The first kappa shape index (κ1) is 11.9. The molecule has 1 N–H and O–H groups in total. The van der Waals surface area contributed by atoms with Crippen LogP contribution in [0.2, 0.25) is 0 Å². The van der Waals surface area contributed by atoms with Crippen molar-refractivity contribution in [2.24, 2.45) is 5.92 Å². The Balaban J connectivity index is 2.21. The number of methoxy groups -OCH3 is 2. The first-order valence-electron chi connectivity index (χ1n) is 5.22. The molecule has 1 aliphatic rings. The third-order valence-corrected chi connectivity index (χ3v) is 2.80. The maximum atomic E-state index is 5.18. The summed E-state index contributed by atoms with van der Waals surface area (Å²) in [6.07, 6.45) is 1.20. The fraction of sp³-hybridized carbons (Fsp3) is 1.00. The Morgan fingerprint density at radius 3 is 2.71 bits per heavy atom. The summed E-state index contributed by atoms with van der Waals surface area (Å²) in [5, 5.41) is 3.22. The van der Waals surface area contributed by atoms with E-state index < -0.39 is 0 Å². The number of rotatable bonds is 6. The Morgan fingerprint density at radius 2 is 2.14 bits per heavy atom. The standard InChI is InChI=1S/C10H22N2O2/c1-11-6-9-4-5-12(7-9)8-10(13-2)14-3/h9-11H,4-8H2,1-3H3. The number of nitrogens with zero attached hydrogens (tertiary/aromatic N) is 1. The molecule has 0 aromatic carbocycles. The van der Waals surface area contributed by atoms with E-state index in [1.807, 2.05) is 7.05 Å². The minimum absolute atomic E-state index is 0.0802. The van der Waals surface area contributed by atoms with Crippen molar-refractivity contribution in [3.63, 3.8) is 0 Å². The van der Waals surface area contributed by atoms with E-state index in [0.29, 0.717) is 0 Å². The maximum Gasteiger partial charge on any atom is 0.169 e. The van der Waals surface area contributed by atoms with Crippen LogP contribution >= 0.6 is 0 Å². The van der Waals surface area contributed by atoms with Gasteiger partial charge in [0.1, 0.15) is 0 Å². The normalized spacial score (nSPS) is 23.6. The molecule has 0 aromatic rings. The van der Waals surface area contributed by atoms with Gasteiger partial charge in [0.25, 0.3) is 0 Å². The van der Waals surface area contributed by atoms with Gasteiger partial charge in [0, 0.05) is 27.3 Å². The molecule has 84 valence electrons. The summed E-state index contributed by atoms with van der Waals surface area (Å²) in [5.74, 6) is 0.786. The van der Waals surface area contributed by atoms with E-state index in [1.54, 1.807) is 14.2 Å². The number of hydrogen-bond donors (Lipinski definition) is 1. The predicted molar refractivity (Wildman–Crippen MR) is 56.3 cm³/mol. The summed E-state index contributed by atoms with van der Waals surface area (Å²) >= 11 is 0. The van der Waals surface area contributed by atoms with Crippen LogP contribution in [0, 0.1) is 5.92 Å². The van der Waals surface area contributed by atoms with E-state index in [9.17, 15) is 0 Å². The third kappa shape index (κ3) is 3.53. The van der Waals surface area contributed by atoms with E-state index in [4.69, 9.17) is 9.47 Å². The smallest absolute Gasteiger partial charge is 0.169 e. The average Bonchev–Trinajstić information content (AvgIpc) is 2.63. The lowest BCUT2D eigenvalue weighted by Gasteiger charge is -2.21. The lowest BCUT2D eigenvalue weighted by atomic mass is 10.1. The summed E-state index contributed by atoms with van der Waals surface area (Å²) in [6, 6.07) is 0. The van der Waals surface area contributed by atoms with E-state index in [1.165, 1.54) is 6.42 Å². The highest BCUT2D eigenvalue weighted by atomic mass is 16.7. The van der Waals surface area contributed by atoms with E-state index in [2.05, 4.69) is 10.2 Å². The first-order valence-corrected chi connectivity index (χ1v) is 5.22. The Morgan fingerprint density at radius 1 is 1.43 bits per heavy atom. The summed E-state index contributed by atoms with van der Waals surface area (Å²) in [6.45, 7) is 4.31. The molecule has 1 aliphatic heterocycles. The molecular weight excluding hydrogens is 180 g/mol. The van der Waals surface area contributed by atoms with Crippen LogP contribution < -0.4 is 5.32 Å². The first-order chi connectivity index (χ1) is 6.80. The summed E-state index contributed by atoms with van der Waals surface area (Å²) in [7, 11) is 5.39. The van der Waals surface area contributed by atoms with Gasteiger partial charge in [-0.2, -0.15) is 0 Å². The van der Waals surface area contributed by atoms with Gasteiger partial charge in [-0.1, -0.05) is 0 Å². The molecule has 14 heavy (non-hydrogen) atoms. The van der Waals surface area contributed by atoms with Gasteiger partial charge in [-0.25, -0.2) is 0 Å². The highest BCUT2D eigenvalue weighted by Crippen LogP contribution is 2.15. The average molecular weight is 202 g/mol. The van der Waals surface area contributed by atoms with Crippen LogP contribution in [-0.4, -0.2) is 58.6 Å². The molecule has 0 saturated carbocycles. The second-order valence-electron chi connectivity index (χ2n) is 3.87. The van der Waals surface area contributed by atoms with Crippen molar-refractivity contribution < 1.29 is 9.47 Å². The number of hydrogen-bond acceptors (Lipinski definition) is 4. The molecule has 1 fully saturated rings. The Bertz CT molecular complexity index is 151. The molecule has 0 bridgehead atoms. The van der Waals surface area contributed by atoms with Crippen molar-refractivity contribution in [3.05, 3.63) is 0 Å². The molecule has 1 unspecified atom stereocenters. The van der Waals surface area contributed by atoms with Crippen molar-refractivity contribution >= 4 is 0 Å². The largest absolute Gasteiger partial charge is 0.355 e. The van der Waals surface area contributed by atoms with Crippen LogP contribution in [-0.2, 0) is 9.47 Å². The Kier molecular flexibility index (Phi) is 5.40. The fourth-order valence-corrected chi connectivity index (χ4v) is 1.99. The third-order valence-electron chi connectivity index (χ3n) is 2.80. The van der Waals surface area contributed by atoms with Gasteiger partial charge in [-0.15, -0.1) is 0 Å². The lowest BCUT2D eigenvalue weighted by molar-refractivity contribution is -0.114. The zero-order valence-electron chi connectivity index (χ0n) is 9.45. The molecule has 1 saturated heterocycles. The van der Waals surface area contributed by atoms with Crippen molar-refractivity contribution in [1.29, 1.82) is 0 Å². The Hall–Kier alpha value is -0.160. The van der Waals surface area contributed by atoms with Crippen molar-refractivity contribution in [1.82, 2.24) is 10.2 Å². The lowest BCUT2D eigenvalue weighted by Crippen LogP contribution is -2.33. The summed E-state index contributed by atoms with van der Waals surface area (Å²) in [4.78, 5) is 2.40. The van der Waals surface area contributed by atoms with Crippen LogP contribution in [0.3, 0.4) is 0 Å². The minimum atomic E-state index is -0.0802. The maximum absolute atomic E-state index is 5.18. The van der Waals surface area contributed by atoms with Crippen LogP contribution in [0.25, 0.3) is 0 Å².